The molecule has 1 N–H and O–H groups in total. The number of nitrogens with zero attached hydrogens (tertiary/aromatic N) is 4. The Hall–Kier alpha value is -3.25. The molecule has 4 aromatic rings. The molecular formula is C25H25N5O2S. The van der Waals surface area contributed by atoms with E-state index in [-0.39, 0.29) is 0 Å². The number of nitrogens with one attached hydrogen (secondary N) is 1. The number of aryl methyl sites for hydroxylation is 1. The lowest BCUT2D eigenvalue weighted by Crippen LogP contribution is -2.42. The molecule has 33 heavy (non-hydrogen) atoms. The maximum atomic E-state index is 13.1. The number of hydrogen-bond acceptors (Lipinski definition) is 7. The molecule has 1 unspecified atom stereocenters. The van der Waals surface area contributed by atoms with Gasteiger partial charge in [-0.15, -0.1) is 4.72 Å². The first-order chi connectivity index (χ1) is 15.8. The first-order valence-corrected chi connectivity index (χ1v) is 11.8. The van der Waals surface area contributed by atoms with Gasteiger partial charge in [0.05, 0.1) is 5.69 Å². The summed E-state index contributed by atoms with van der Waals surface area (Å²) < 4.78 is 21.4. The average Bonchev–Trinajstić information content (AvgIpc) is 3.23. The predicted octanol–water partition coefficient (Wildman–Crippen LogP) is 4.80. The van der Waals surface area contributed by atoms with Crippen LogP contribution in [0.5, 0.6) is 0 Å². The quantitative estimate of drug-likeness (QED) is 0.412. The summed E-state index contributed by atoms with van der Waals surface area (Å²) in [5.41, 5.74) is 4.89. The lowest BCUT2D eigenvalue weighted by atomic mass is 9.98. The third kappa shape index (κ3) is 4.91. The van der Waals surface area contributed by atoms with Crippen LogP contribution in [0, 0.1) is 18.3 Å². The summed E-state index contributed by atoms with van der Waals surface area (Å²) in [7, 11) is 0. The molecule has 0 amide bonds. The third-order valence-corrected chi connectivity index (χ3v) is 6.93. The van der Waals surface area contributed by atoms with Gasteiger partial charge in [0.1, 0.15) is 28.2 Å². The molecule has 0 aliphatic carbocycles. The molecule has 0 aliphatic rings. The molecular weight excluding hydrogens is 434 g/mol. The molecule has 0 bridgehead atoms. The lowest BCUT2D eigenvalue weighted by molar-refractivity contribution is 0.459. The van der Waals surface area contributed by atoms with Crippen LogP contribution in [0.25, 0.3) is 22.2 Å². The van der Waals surface area contributed by atoms with Gasteiger partial charge in [-0.2, -0.15) is 5.26 Å². The second-order valence-corrected chi connectivity index (χ2v) is 10.8. The van der Waals surface area contributed by atoms with E-state index in [1.165, 1.54) is 0 Å². The number of fused-ring (bicyclic) bond motifs is 1. The fourth-order valence-electron chi connectivity index (χ4n) is 3.51. The van der Waals surface area contributed by atoms with Gasteiger partial charge in [-0.1, -0.05) is 23.4 Å². The van der Waals surface area contributed by atoms with Crippen LogP contribution < -0.4 is 4.72 Å². The Kier molecular flexibility index (Phi) is 6.47. The maximum Gasteiger partial charge on any atom is 0.167 e. The van der Waals surface area contributed by atoms with Gasteiger partial charge in [-0.05, 0) is 63.6 Å². The van der Waals surface area contributed by atoms with Gasteiger partial charge in [0.15, 0.2) is 5.58 Å². The van der Waals surface area contributed by atoms with Crippen molar-refractivity contribution in [2.75, 3.05) is 0 Å². The monoisotopic (exact) mass is 459 g/mol. The van der Waals surface area contributed by atoms with E-state index < -0.39 is 22.2 Å². The van der Waals surface area contributed by atoms with Crippen LogP contribution in [0.3, 0.4) is 0 Å². The molecule has 0 radical (unpaired) electrons. The van der Waals surface area contributed by atoms with Crippen molar-refractivity contribution in [2.45, 2.75) is 44.9 Å². The summed E-state index contributed by atoms with van der Waals surface area (Å²) in [6.07, 6.45) is 2.12. The summed E-state index contributed by atoms with van der Waals surface area (Å²) >= 11 is -1.36. The standard InChI is InChI=1S/C25H25N5O2S/c1-16-11-12-17(15-26)28-20(16)14-21(30-33(31)25(2,3)4)24-19(9-7-13-27-24)23-18-8-5-6-10-22(18)32-29-23/h5-13,21,30H,14H2,1-4H3/t21?,33-/m0/s1. The molecule has 2 atom stereocenters. The number of hydrogen-bond donors (Lipinski definition) is 1. The highest BCUT2D eigenvalue weighted by Gasteiger charge is 2.32. The summed E-state index contributed by atoms with van der Waals surface area (Å²) in [4.78, 5) is 9.18. The molecule has 0 saturated heterocycles. The molecule has 168 valence electrons. The summed E-state index contributed by atoms with van der Waals surface area (Å²) in [5, 5.41) is 14.5. The van der Waals surface area contributed by atoms with Gasteiger partial charge in [0.2, 0.25) is 0 Å². The molecule has 7 nitrogen and oxygen atoms in total. The number of benzene rings is 1. The number of aromatic nitrogens is 3. The van der Waals surface area contributed by atoms with E-state index in [9.17, 15) is 9.81 Å². The second kappa shape index (κ2) is 9.32. The SMILES string of the molecule is Cc1ccc(C#N)nc1CC(N[S@@+]([O-])C(C)(C)C)c1ncccc1-c1noc2ccccc12. The molecule has 4 rings (SSSR count). The molecule has 1 aromatic carbocycles. The molecule has 3 heterocycles. The second-order valence-electron chi connectivity index (χ2n) is 8.79. The highest BCUT2D eigenvalue weighted by Crippen LogP contribution is 2.34. The van der Waals surface area contributed by atoms with Crippen LogP contribution in [0.4, 0.5) is 0 Å². The zero-order valence-corrected chi connectivity index (χ0v) is 19.8. The summed E-state index contributed by atoms with van der Waals surface area (Å²) in [5.74, 6) is 0. The van der Waals surface area contributed by atoms with Gasteiger partial charge >= 0.3 is 0 Å². The minimum atomic E-state index is -1.36. The largest absolute Gasteiger partial charge is 0.598 e. The number of nitriles is 1. The summed E-state index contributed by atoms with van der Waals surface area (Å²) in [6.45, 7) is 7.69. The zero-order chi connectivity index (χ0) is 23.6. The van der Waals surface area contributed by atoms with Crippen LogP contribution in [0.2, 0.25) is 0 Å². The Labute approximate surface area is 196 Å². The van der Waals surface area contributed by atoms with Gasteiger partial charge in [0, 0.05) is 40.6 Å². The van der Waals surface area contributed by atoms with Crippen molar-refractivity contribution in [3.63, 3.8) is 0 Å². The Morgan fingerprint density at radius 1 is 1.15 bits per heavy atom. The van der Waals surface area contributed by atoms with Crippen molar-refractivity contribution >= 4 is 22.3 Å². The minimum Gasteiger partial charge on any atom is -0.598 e. The van der Waals surface area contributed by atoms with E-state index in [1.54, 1.807) is 12.3 Å². The first-order valence-electron chi connectivity index (χ1n) is 10.6. The lowest BCUT2D eigenvalue weighted by Gasteiger charge is -2.28. The predicted molar refractivity (Wildman–Crippen MR) is 128 cm³/mol. The van der Waals surface area contributed by atoms with Crippen molar-refractivity contribution in [2.24, 2.45) is 0 Å². The Bertz CT molecular complexity index is 1320. The molecule has 8 heteroatoms. The molecule has 3 aromatic heterocycles. The van der Waals surface area contributed by atoms with E-state index in [1.807, 2.05) is 70.2 Å². The highest BCUT2D eigenvalue weighted by molar-refractivity contribution is 7.90. The molecule has 0 saturated carbocycles. The molecule has 0 aliphatic heterocycles. The van der Waals surface area contributed by atoms with E-state index in [4.69, 9.17) is 4.52 Å². The minimum absolute atomic E-state index is 0.343. The van der Waals surface area contributed by atoms with E-state index in [0.29, 0.717) is 29.1 Å². The van der Waals surface area contributed by atoms with Gasteiger partial charge < -0.3 is 9.08 Å². The third-order valence-electron chi connectivity index (χ3n) is 5.32. The van der Waals surface area contributed by atoms with Gasteiger partial charge in [0.25, 0.3) is 0 Å². The number of pyridine rings is 2. The topological polar surface area (TPSA) is 111 Å². The van der Waals surface area contributed by atoms with Gasteiger partial charge in [-0.25, -0.2) is 4.98 Å². The van der Waals surface area contributed by atoms with Crippen molar-refractivity contribution < 1.29 is 9.08 Å². The van der Waals surface area contributed by atoms with Crippen LogP contribution in [-0.2, 0) is 17.8 Å². The molecule has 0 spiro atoms. The van der Waals surface area contributed by atoms with Crippen molar-refractivity contribution in [3.8, 4) is 17.3 Å². The van der Waals surface area contributed by atoms with Crippen molar-refractivity contribution in [1.29, 1.82) is 5.26 Å². The Balaban J connectivity index is 1.82. The number of rotatable bonds is 6. The van der Waals surface area contributed by atoms with Gasteiger partial charge in [-0.3, -0.25) is 4.98 Å². The highest BCUT2D eigenvalue weighted by atomic mass is 32.2. The zero-order valence-electron chi connectivity index (χ0n) is 19.0. The van der Waals surface area contributed by atoms with E-state index in [0.717, 1.165) is 22.2 Å². The van der Waals surface area contributed by atoms with E-state index in [2.05, 4.69) is 25.9 Å². The van der Waals surface area contributed by atoms with Crippen LogP contribution in [0.15, 0.2) is 59.3 Å². The van der Waals surface area contributed by atoms with E-state index >= 15 is 0 Å². The van der Waals surface area contributed by atoms with Crippen molar-refractivity contribution in [1.82, 2.24) is 19.8 Å². The fraction of sp³-hybridized carbons (Fsp3) is 0.280. The van der Waals surface area contributed by atoms with Crippen molar-refractivity contribution in [3.05, 3.63) is 77.4 Å². The van der Waals surface area contributed by atoms with Crippen LogP contribution >= 0.6 is 0 Å². The Morgan fingerprint density at radius 2 is 1.94 bits per heavy atom. The fourth-order valence-corrected chi connectivity index (χ4v) is 4.32. The van der Waals surface area contributed by atoms with Crippen LogP contribution in [-0.4, -0.2) is 24.4 Å². The smallest absolute Gasteiger partial charge is 0.167 e. The summed E-state index contributed by atoms with van der Waals surface area (Å²) in [6, 6.07) is 16.7. The normalized spacial score (nSPS) is 13.6. The maximum absolute atomic E-state index is 13.1. The average molecular weight is 460 g/mol. The number of para-hydroxylation sites is 1. The molecule has 0 fully saturated rings. The first kappa shape index (κ1) is 22.9. The van der Waals surface area contributed by atoms with Crippen LogP contribution in [0.1, 0.15) is 49.5 Å². The Morgan fingerprint density at radius 3 is 2.70 bits per heavy atom.